The number of aliphatic hydroxyl groups is 11. The van der Waals surface area contributed by atoms with Gasteiger partial charge < -0.3 is 94.1 Å². The van der Waals surface area contributed by atoms with Crippen molar-refractivity contribution in [1.82, 2.24) is 0 Å². The van der Waals surface area contributed by atoms with E-state index in [1.807, 2.05) is 6.92 Å². The van der Waals surface area contributed by atoms with Crippen molar-refractivity contribution in [3.8, 4) is 0 Å². The van der Waals surface area contributed by atoms with Gasteiger partial charge in [-0.25, -0.2) is 0 Å². The first-order valence-corrected chi connectivity index (χ1v) is 23.9. The quantitative estimate of drug-likeness (QED) is 0.106. The van der Waals surface area contributed by atoms with Gasteiger partial charge in [-0.05, 0) is 67.6 Å². The van der Waals surface area contributed by atoms with Crippen LogP contribution in [-0.4, -0.2) is 205 Å². The number of Topliss-reactive ketones (excluding diaryl/α,β-unsaturated/α-hetero) is 1. The van der Waals surface area contributed by atoms with Gasteiger partial charge in [-0.1, -0.05) is 27.7 Å². The minimum atomic E-state index is -1.77. The average molecular weight is 933 g/mol. The van der Waals surface area contributed by atoms with Gasteiger partial charge in [0.25, 0.3) is 0 Å². The molecule has 4 saturated carbocycles. The lowest BCUT2D eigenvalue weighted by Crippen LogP contribution is -2.65. The molecule has 1 spiro atoms. The fourth-order valence-corrected chi connectivity index (χ4v) is 14.4. The van der Waals surface area contributed by atoms with Crippen molar-refractivity contribution < 1.29 is 98.9 Å². The molecule has 5 heterocycles. The largest absolute Gasteiger partial charge is 0.394 e. The molecular weight excluding hydrogens is 860 g/mol. The molecule has 20 nitrogen and oxygen atoms in total. The van der Waals surface area contributed by atoms with Crippen LogP contribution in [-0.2, 0) is 42.7 Å². The summed E-state index contributed by atoms with van der Waals surface area (Å²) >= 11 is 0. The zero-order chi connectivity index (χ0) is 46.7. The van der Waals surface area contributed by atoms with Crippen LogP contribution in [0.25, 0.3) is 0 Å². The van der Waals surface area contributed by atoms with E-state index in [0.717, 1.165) is 25.7 Å². The van der Waals surface area contributed by atoms with Gasteiger partial charge in [-0.15, -0.1) is 0 Å². The minimum absolute atomic E-state index is 0.0980. The molecule has 9 rings (SSSR count). The number of carbonyl (C=O) groups excluding carboxylic acids is 1. The Morgan fingerprint density at radius 2 is 1.25 bits per heavy atom. The molecule has 0 unspecified atom stereocenters. The fraction of sp³-hybridized carbons (Fsp3) is 0.978. The van der Waals surface area contributed by atoms with Crippen molar-refractivity contribution in [2.24, 2.45) is 52.3 Å². The Morgan fingerprint density at radius 1 is 0.662 bits per heavy atom. The van der Waals surface area contributed by atoms with Gasteiger partial charge in [-0.2, -0.15) is 0 Å². The van der Waals surface area contributed by atoms with E-state index < -0.39 is 129 Å². The standard InChI is InChI=1S/C45H72O20/c1-17-16-58-45(12-25(17)60-41-36(55)33(52)31(50)26(13-46)61-41)18(2)30-24(65-45)10-23-21-6-5-19-9-20(7-8-43(19,3)22(21)11-29(49)44(23,30)4)59-40-38(57)35(54)39(28(15-48)63-40)64-42-37(56)34(53)32(51)27(14-47)62-42/h17-28,30-42,46-48,50-57H,5-16H2,1-4H3/t17-,18-,19-,20-,21+,22-,23-,24-,25-,26+,27+,28+,30-,31+,32+,33-,34-,35+,36+,37+,38+,39-,40+,41+,42-,43-,44+,45+/m0/s1. The predicted octanol–water partition coefficient (Wildman–Crippen LogP) is -2.58. The average Bonchev–Trinajstić information content (AvgIpc) is 3.74. The Hall–Kier alpha value is -1.09. The summed E-state index contributed by atoms with van der Waals surface area (Å²) in [4.78, 5) is 14.8. The summed E-state index contributed by atoms with van der Waals surface area (Å²) in [6.45, 7) is 6.86. The second-order valence-electron chi connectivity index (χ2n) is 21.5. The Bertz CT molecular complexity index is 1690. The van der Waals surface area contributed by atoms with Crippen LogP contribution in [0.3, 0.4) is 0 Å². The Balaban J connectivity index is 0.831. The second-order valence-corrected chi connectivity index (χ2v) is 21.5. The van der Waals surface area contributed by atoms with Crippen LogP contribution in [0.15, 0.2) is 0 Å². The molecule has 372 valence electrons. The van der Waals surface area contributed by atoms with E-state index in [2.05, 4.69) is 20.8 Å². The number of aliphatic hydroxyl groups excluding tert-OH is 11. The maximum atomic E-state index is 14.8. The van der Waals surface area contributed by atoms with Gasteiger partial charge in [0.1, 0.15) is 79.0 Å². The molecule has 0 bridgehead atoms. The van der Waals surface area contributed by atoms with E-state index in [0.29, 0.717) is 38.2 Å². The van der Waals surface area contributed by atoms with E-state index in [9.17, 15) is 61.0 Å². The van der Waals surface area contributed by atoms with E-state index in [1.54, 1.807) is 0 Å². The van der Waals surface area contributed by atoms with Gasteiger partial charge in [0.05, 0.1) is 44.7 Å². The van der Waals surface area contributed by atoms with E-state index in [1.165, 1.54) is 0 Å². The number of rotatable bonds is 9. The van der Waals surface area contributed by atoms with Gasteiger partial charge in [-0.3, -0.25) is 4.79 Å². The number of hydrogen-bond acceptors (Lipinski definition) is 20. The SMILES string of the molecule is C[C@H]1CO[C@]2(C[C@@H]1O[C@@H]1O[C@H](CO)[C@@H](O)[C@H](O)[C@H]1O)O[C@H]1C[C@H]3[C@@H]4CC[C@H]5C[C@@H](O[C@@H]6O[C@H](CO)[C@H](O[C@@H]7O[C@H](CO)[C@@H](O)[C@H](O)[C@H]7O)[C@H](O)[C@H]6O)CC[C@]5(C)[C@H]4CC(=O)[C@]3(C)[C@H]1[C@@H]2C. The van der Waals surface area contributed by atoms with Crippen molar-refractivity contribution in [3.05, 3.63) is 0 Å². The summed E-state index contributed by atoms with van der Waals surface area (Å²) in [5, 5.41) is 114. The molecule has 9 fully saturated rings. The van der Waals surface area contributed by atoms with E-state index in [4.69, 9.17) is 37.9 Å². The summed E-state index contributed by atoms with van der Waals surface area (Å²) < 4.78 is 49.0. The van der Waals surface area contributed by atoms with E-state index >= 15 is 0 Å². The molecule has 0 aromatic heterocycles. The van der Waals surface area contributed by atoms with Gasteiger partial charge in [0.15, 0.2) is 24.7 Å². The van der Waals surface area contributed by atoms with Crippen LogP contribution in [0.4, 0.5) is 0 Å². The zero-order valence-electron chi connectivity index (χ0n) is 37.5. The van der Waals surface area contributed by atoms with Crippen LogP contribution in [0.5, 0.6) is 0 Å². The number of fused-ring (bicyclic) bond motifs is 7. The highest BCUT2D eigenvalue weighted by molar-refractivity contribution is 5.87. The number of ketones is 1. The van der Waals surface area contributed by atoms with Crippen molar-refractivity contribution >= 4 is 5.78 Å². The van der Waals surface area contributed by atoms with Gasteiger partial charge >= 0.3 is 0 Å². The summed E-state index contributed by atoms with van der Waals surface area (Å²) in [7, 11) is 0. The molecule has 9 aliphatic rings. The molecule has 11 N–H and O–H groups in total. The third-order valence-electron chi connectivity index (χ3n) is 18.3. The second kappa shape index (κ2) is 18.3. The molecule has 0 amide bonds. The lowest BCUT2D eigenvalue weighted by molar-refractivity contribution is -0.364. The third-order valence-corrected chi connectivity index (χ3v) is 18.3. The molecule has 5 saturated heterocycles. The van der Waals surface area contributed by atoms with Crippen LogP contribution in [0.1, 0.15) is 79.1 Å². The Kier molecular flexibility index (Phi) is 13.7. The molecule has 65 heavy (non-hydrogen) atoms. The molecule has 28 atom stereocenters. The normalized spacial score (nSPS) is 58.0. The predicted molar refractivity (Wildman–Crippen MR) is 217 cm³/mol. The van der Waals surface area contributed by atoms with Gasteiger partial charge in [0, 0.05) is 36.0 Å². The zero-order valence-corrected chi connectivity index (χ0v) is 37.5. The Morgan fingerprint density at radius 3 is 1.88 bits per heavy atom. The van der Waals surface area contributed by atoms with Crippen molar-refractivity contribution in [2.75, 3.05) is 26.4 Å². The highest BCUT2D eigenvalue weighted by Gasteiger charge is 2.72. The molecule has 0 aromatic carbocycles. The van der Waals surface area contributed by atoms with E-state index in [-0.39, 0.29) is 58.9 Å². The topological polar surface area (TPSA) is 313 Å². The van der Waals surface area contributed by atoms with Gasteiger partial charge in [0.2, 0.25) is 0 Å². The Labute approximate surface area is 378 Å². The number of hydrogen-bond donors (Lipinski definition) is 11. The highest BCUT2D eigenvalue weighted by Crippen LogP contribution is 2.70. The first-order valence-electron chi connectivity index (χ1n) is 23.9. The summed E-state index contributed by atoms with van der Waals surface area (Å²) in [5.74, 6) is -0.445. The van der Waals surface area contributed by atoms with Crippen LogP contribution < -0.4 is 0 Å². The van der Waals surface area contributed by atoms with Crippen molar-refractivity contribution in [1.29, 1.82) is 0 Å². The number of ether oxygens (including phenoxy) is 8. The first-order chi connectivity index (χ1) is 30.8. The summed E-state index contributed by atoms with van der Waals surface area (Å²) in [6, 6.07) is 0. The lowest BCUT2D eigenvalue weighted by atomic mass is 9.44. The monoisotopic (exact) mass is 932 g/mol. The summed E-state index contributed by atoms with van der Waals surface area (Å²) in [6.07, 6.45) is -18.1. The minimum Gasteiger partial charge on any atom is -0.394 e. The van der Waals surface area contributed by atoms with Crippen molar-refractivity contribution in [3.63, 3.8) is 0 Å². The van der Waals surface area contributed by atoms with Crippen LogP contribution in [0.2, 0.25) is 0 Å². The highest BCUT2D eigenvalue weighted by atomic mass is 16.8. The third kappa shape index (κ3) is 7.90. The molecule has 4 aliphatic carbocycles. The molecule has 0 radical (unpaired) electrons. The molecule has 0 aromatic rings. The smallest absolute Gasteiger partial charge is 0.187 e. The lowest BCUT2D eigenvalue weighted by Gasteiger charge is -2.61. The maximum Gasteiger partial charge on any atom is 0.187 e. The number of carbonyl (C=O) groups is 1. The summed E-state index contributed by atoms with van der Waals surface area (Å²) in [5.41, 5.74) is -0.798. The molecule has 5 aliphatic heterocycles. The molecular formula is C45H72O20. The molecule has 20 heteroatoms. The van der Waals surface area contributed by atoms with Crippen LogP contribution in [0, 0.1) is 52.3 Å². The fourth-order valence-electron chi connectivity index (χ4n) is 14.4. The first kappa shape index (κ1) is 48.9. The van der Waals surface area contributed by atoms with Crippen molar-refractivity contribution in [2.45, 2.75) is 195 Å². The maximum absolute atomic E-state index is 14.8. The van der Waals surface area contributed by atoms with Crippen LogP contribution >= 0.6 is 0 Å².